The first kappa shape index (κ1) is 13.6. The number of nitrogens with one attached hydrogen (secondary N) is 2. The van der Waals surface area contributed by atoms with Crippen molar-refractivity contribution >= 4 is 34.8 Å². The number of rotatable bonds is 2. The average Bonchev–Trinajstić information content (AvgIpc) is 2.74. The summed E-state index contributed by atoms with van der Waals surface area (Å²) < 4.78 is 0. The van der Waals surface area contributed by atoms with Crippen molar-refractivity contribution < 1.29 is 14.4 Å². The van der Waals surface area contributed by atoms with E-state index in [9.17, 15) is 14.4 Å². The molecule has 0 saturated heterocycles. The monoisotopic (exact) mass is 296 g/mol. The fourth-order valence-corrected chi connectivity index (χ4v) is 2.24. The molecule has 22 heavy (non-hydrogen) atoms. The van der Waals surface area contributed by atoms with Gasteiger partial charge in [0, 0.05) is 22.6 Å². The predicted octanol–water partition coefficient (Wildman–Crippen LogP) is 0.987. The lowest BCUT2D eigenvalue weighted by atomic mass is 10.1. The molecule has 0 aromatic heterocycles. The van der Waals surface area contributed by atoms with Crippen LogP contribution >= 0.6 is 0 Å². The summed E-state index contributed by atoms with van der Waals surface area (Å²) in [6.07, 6.45) is 0. The largest absolute Gasteiger partial charge is 0.399 e. The minimum Gasteiger partial charge on any atom is -0.399 e. The van der Waals surface area contributed by atoms with Crippen molar-refractivity contribution in [3.63, 3.8) is 0 Å². The van der Waals surface area contributed by atoms with Gasteiger partial charge in [-0.25, -0.2) is 0 Å². The van der Waals surface area contributed by atoms with Gasteiger partial charge in [0.15, 0.2) is 0 Å². The molecule has 0 fully saturated rings. The molecule has 0 spiro atoms. The van der Waals surface area contributed by atoms with Crippen LogP contribution in [0, 0.1) is 0 Å². The number of benzene rings is 2. The molecule has 3 rings (SSSR count). The van der Waals surface area contributed by atoms with Crippen LogP contribution in [0.3, 0.4) is 0 Å². The summed E-state index contributed by atoms with van der Waals surface area (Å²) in [6.45, 7) is 0. The fourth-order valence-electron chi connectivity index (χ4n) is 2.24. The third kappa shape index (κ3) is 2.24. The Labute approximate surface area is 125 Å². The third-order valence-corrected chi connectivity index (χ3v) is 3.30. The smallest absolute Gasteiger partial charge is 0.261 e. The number of nitrogens with two attached hydrogens (primary N) is 2. The summed E-state index contributed by atoms with van der Waals surface area (Å²) in [6, 6.07) is 9.23. The lowest BCUT2D eigenvalue weighted by Gasteiger charge is -2.08. The summed E-state index contributed by atoms with van der Waals surface area (Å²) >= 11 is 0. The Kier molecular flexibility index (Phi) is 3.03. The van der Waals surface area contributed by atoms with E-state index >= 15 is 0 Å². The van der Waals surface area contributed by atoms with Gasteiger partial charge in [0.25, 0.3) is 17.7 Å². The number of hydrogen-bond donors (Lipinski definition) is 4. The molecule has 3 amide bonds. The van der Waals surface area contributed by atoms with Crippen LogP contribution in [-0.4, -0.2) is 17.7 Å². The first-order valence-corrected chi connectivity index (χ1v) is 6.42. The number of imide groups is 1. The first-order chi connectivity index (χ1) is 10.5. The Morgan fingerprint density at radius 3 is 2.36 bits per heavy atom. The van der Waals surface area contributed by atoms with Gasteiger partial charge in [-0.15, -0.1) is 0 Å². The number of fused-ring (bicyclic) bond motifs is 1. The minimum absolute atomic E-state index is 0.133. The van der Waals surface area contributed by atoms with E-state index in [0.29, 0.717) is 16.9 Å². The highest BCUT2D eigenvalue weighted by atomic mass is 16.2. The van der Waals surface area contributed by atoms with Crippen molar-refractivity contribution in [2.24, 2.45) is 0 Å². The molecule has 7 heteroatoms. The van der Waals surface area contributed by atoms with Gasteiger partial charge in [0.1, 0.15) is 0 Å². The quantitative estimate of drug-likeness (QED) is 0.485. The van der Waals surface area contributed by atoms with Gasteiger partial charge in [-0.05, 0) is 36.4 Å². The Balaban J connectivity index is 1.91. The number of carbonyl (C=O) groups excluding carboxylic acids is 3. The Morgan fingerprint density at radius 1 is 1.00 bits per heavy atom. The van der Waals surface area contributed by atoms with Crippen LogP contribution in [0.25, 0.3) is 0 Å². The summed E-state index contributed by atoms with van der Waals surface area (Å²) in [5.74, 6) is -1.44. The molecule has 1 heterocycles. The van der Waals surface area contributed by atoms with Crippen molar-refractivity contribution in [3.05, 3.63) is 53.1 Å². The Morgan fingerprint density at radius 2 is 1.68 bits per heavy atom. The molecule has 110 valence electrons. The van der Waals surface area contributed by atoms with Crippen LogP contribution < -0.4 is 22.1 Å². The SMILES string of the molecule is Nc1ccc(C(=O)Nc2cc(N)c3c(c2)C(=O)NC3=O)cc1. The van der Waals surface area contributed by atoms with Gasteiger partial charge in [-0.3, -0.25) is 19.7 Å². The van der Waals surface area contributed by atoms with Crippen LogP contribution in [0.5, 0.6) is 0 Å². The molecular weight excluding hydrogens is 284 g/mol. The van der Waals surface area contributed by atoms with Gasteiger partial charge < -0.3 is 16.8 Å². The van der Waals surface area contributed by atoms with E-state index in [2.05, 4.69) is 10.6 Å². The molecule has 6 N–H and O–H groups in total. The van der Waals surface area contributed by atoms with Crippen molar-refractivity contribution in [1.82, 2.24) is 5.32 Å². The lowest BCUT2D eigenvalue weighted by Crippen LogP contribution is -2.20. The third-order valence-electron chi connectivity index (χ3n) is 3.30. The van der Waals surface area contributed by atoms with E-state index in [1.54, 1.807) is 24.3 Å². The normalized spacial score (nSPS) is 12.7. The van der Waals surface area contributed by atoms with Gasteiger partial charge >= 0.3 is 0 Å². The van der Waals surface area contributed by atoms with Gasteiger partial charge in [0.2, 0.25) is 0 Å². The number of hydrogen-bond acceptors (Lipinski definition) is 5. The second-order valence-corrected chi connectivity index (χ2v) is 4.85. The Bertz CT molecular complexity index is 812. The molecule has 0 atom stereocenters. The van der Waals surface area contributed by atoms with Crippen molar-refractivity contribution in [1.29, 1.82) is 0 Å². The van der Waals surface area contributed by atoms with Crippen molar-refractivity contribution in [2.45, 2.75) is 0 Å². The number of carbonyl (C=O) groups is 3. The van der Waals surface area contributed by atoms with Crippen LogP contribution in [-0.2, 0) is 0 Å². The Hall–Kier alpha value is -3.35. The first-order valence-electron chi connectivity index (χ1n) is 6.42. The maximum atomic E-state index is 12.1. The lowest BCUT2D eigenvalue weighted by molar-refractivity contribution is 0.0879. The van der Waals surface area contributed by atoms with Crippen LogP contribution in [0.1, 0.15) is 31.1 Å². The summed E-state index contributed by atoms with van der Waals surface area (Å²) in [4.78, 5) is 35.4. The molecule has 0 unspecified atom stereocenters. The summed E-state index contributed by atoms with van der Waals surface area (Å²) in [5.41, 5.74) is 13.1. The number of amides is 3. The molecule has 1 aliphatic rings. The standard InChI is InChI=1S/C15H12N4O3/c16-8-3-1-7(2-4-8)13(20)18-9-5-10-12(11(17)6-9)15(22)19-14(10)21/h1-6H,16-17H2,(H,18,20)(H,19,21,22). The maximum absolute atomic E-state index is 12.1. The molecular formula is C15H12N4O3. The van der Waals surface area contributed by atoms with Gasteiger partial charge in [0.05, 0.1) is 11.1 Å². The highest BCUT2D eigenvalue weighted by Crippen LogP contribution is 2.27. The van der Waals surface area contributed by atoms with E-state index in [4.69, 9.17) is 11.5 Å². The average molecular weight is 296 g/mol. The van der Waals surface area contributed by atoms with Crippen molar-refractivity contribution in [3.8, 4) is 0 Å². The van der Waals surface area contributed by atoms with E-state index in [-0.39, 0.29) is 22.7 Å². The predicted molar refractivity (Wildman–Crippen MR) is 81.5 cm³/mol. The van der Waals surface area contributed by atoms with Gasteiger partial charge in [-0.2, -0.15) is 0 Å². The maximum Gasteiger partial charge on any atom is 0.261 e. The minimum atomic E-state index is -0.533. The summed E-state index contributed by atoms with van der Waals surface area (Å²) in [5, 5.41) is 4.79. The molecule has 0 saturated carbocycles. The van der Waals surface area contributed by atoms with E-state index in [1.165, 1.54) is 12.1 Å². The van der Waals surface area contributed by atoms with E-state index in [0.717, 1.165) is 0 Å². The zero-order valence-electron chi connectivity index (χ0n) is 11.3. The van der Waals surface area contributed by atoms with Crippen LogP contribution in [0.2, 0.25) is 0 Å². The zero-order valence-corrected chi connectivity index (χ0v) is 11.3. The van der Waals surface area contributed by atoms with Crippen LogP contribution in [0.4, 0.5) is 17.1 Å². The molecule has 7 nitrogen and oxygen atoms in total. The number of anilines is 3. The summed E-state index contributed by atoms with van der Waals surface area (Å²) in [7, 11) is 0. The molecule has 0 bridgehead atoms. The highest BCUT2D eigenvalue weighted by Gasteiger charge is 2.29. The van der Waals surface area contributed by atoms with Crippen molar-refractivity contribution in [2.75, 3.05) is 16.8 Å². The topological polar surface area (TPSA) is 127 Å². The second kappa shape index (κ2) is 4.88. The van der Waals surface area contributed by atoms with E-state index in [1.807, 2.05) is 0 Å². The fraction of sp³-hybridized carbons (Fsp3) is 0. The molecule has 1 aliphatic heterocycles. The molecule has 0 aliphatic carbocycles. The molecule has 2 aromatic carbocycles. The van der Waals surface area contributed by atoms with E-state index < -0.39 is 11.8 Å². The highest BCUT2D eigenvalue weighted by molar-refractivity contribution is 6.24. The molecule has 0 radical (unpaired) electrons. The molecule has 2 aromatic rings. The number of nitrogen functional groups attached to an aromatic ring is 2. The second-order valence-electron chi connectivity index (χ2n) is 4.85. The zero-order chi connectivity index (χ0) is 15.9. The van der Waals surface area contributed by atoms with Crippen LogP contribution in [0.15, 0.2) is 36.4 Å². The van der Waals surface area contributed by atoms with Gasteiger partial charge in [-0.1, -0.05) is 0 Å².